The Morgan fingerprint density at radius 3 is 2.44 bits per heavy atom. The summed E-state index contributed by atoms with van der Waals surface area (Å²) in [6.07, 6.45) is 2.33. The van der Waals surface area contributed by atoms with E-state index in [2.05, 4.69) is 20.5 Å². The van der Waals surface area contributed by atoms with Gasteiger partial charge in [-0.2, -0.15) is 5.10 Å². The SMILES string of the molecule is Cc1nnc(NC(=O)C2(C(N)=S)CCC2)nc1C. The van der Waals surface area contributed by atoms with Crippen LogP contribution in [0.15, 0.2) is 0 Å². The van der Waals surface area contributed by atoms with Crippen LogP contribution in [0, 0.1) is 19.3 Å². The standard InChI is InChI=1S/C11H15N5OS/c1-6-7(2)15-16-10(13-6)14-9(17)11(8(12)18)4-3-5-11/h3-5H2,1-2H3,(H2,12,18)(H,13,14,16,17). The first-order valence-electron chi connectivity index (χ1n) is 5.75. The van der Waals surface area contributed by atoms with Crippen LogP contribution >= 0.6 is 12.2 Å². The number of carbonyl (C=O) groups excluding carboxylic acids is 1. The third kappa shape index (κ3) is 2.05. The van der Waals surface area contributed by atoms with Gasteiger partial charge in [0.2, 0.25) is 11.9 Å². The van der Waals surface area contributed by atoms with Crippen molar-refractivity contribution in [1.29, 1.82) is 0 Å². The summed E-state index contributed by atoms with van der Waals surface area (Å²) in [5.41, 5.74) is 6.40. The first-order valence-corrected chi connectivity index (χ1v) is 6.16. The van der Waals surface area contributed by atoms with Crippen LogP contribution in [0.1, 0.15) is 30.7 Å². The van der Waals surface area contributed by atoms with Crippen LogP contribution in [0.3, 0.4) is 0 Å². The van der Waals surface area contributed by atoms with Crippen LogP contribution in [0.5, 0.6) is 0 Å². The normalized spacial score (nSPS) is 16.8. The molecule has 3 N–H and O–H groups in total. The minimum atomic E-state index is -0.725. The van der Waals surface area contributed by atoms with Crippen LogP contribution in [-0.4, -0.2) is 26.1 Å². The maximum Gasteiger partial charge on any atom is 0.249 e. The van der Waals surface area contributed by atoms with Gasteiger partial charge in [-0.1, -0.05) is 18.6 Å². The van der Waals surface area contributed by atoms with E-state index in [4.69, 9.17) is 18.0 Å². The molecule has 0 atom stereocenters. The molecule has 0 radical (unpaired) electrons. The van der Waals surface area contributed by atoms with Gasteiger partial charge >= 0.3 is 0 Å². The Morgan fingerprint density at radius 1 is 1.33 bits per heavy atom. The molecule has 1 amide bonds. The summed E-state index contributed by atoms with van der Waals surface area (Å²) in [5.74, 6) is -0.0306. The molecule has 0 aliphatic heterocycles. The number of rotatable bonds is 3. The van der Waals surface area contributed by atoms with Crippen molar-refractivity contribution in [1.82, 2.24) is 15.2 Å². The van der Waals surface area contributed by atoms with Crippen molar-refractivity contribution >= 4 is 29.1 Å². The van der Waals surface area contributed by atoms with Gasteiger partial charge in [0.15, 0.2) is 0 Å². The van der Waals surface area contributed by atoms with Crippen molar-refractivity contribution in [3.05, 3.63) is 11.4 Å². The van der Waals surface area contributed by atoms with Crippen molar-refractivity contribution in [2.75, 3.05) is 5.32 Å². The molecule has 6 nitrogen and oxygen atoms in total. The molecule has 0 saturated heterocycles. The summed E-state index contributed by atoms with van der Waals surface area (Å²) < 4.78 is 0. The van der Waals surface area contributed by atoms with E-state index >= 15 is 0 Å². The fourth-order valence-electron chi connectivity index (χ4n) is 1.85. The average Bonchev–Trinajstić information content (AvgIpc) is 2.21. The van der Waals surface area contributed by atoms with E-state index in [1.807, 2.05) is 13.8 Å². The van der Waals surface area contributed by atoms with E-state index in [-0.39, 0.29) is 16.8 Å². The molecular formula is C11H15N5OS. The number of aromatic nitrogens is 3. The van der Waals surface area contributed by atoms with Crippen LogP contribution in [0.2, 0.25) is 0 Å². The lowest BCUT2D eigenvalue weighted by Gasteiger charge is -2.38. The number of nitrogens with zero attached hydrogens (tertiary/aromatic N) is 3. The van der Waals surface area contributed by atoms with Gasteiger partial charge in [-0.05, 0) is 26.7 Å². The highest BCUT2D eigenvalue weighted by atomic mass is 32.1. The van der Waals surface area contributed by atoms with Crippen molar-refractivity contribution in [3.63, 3.8) is 0 Å². The molecule has 0 unspecified atom stereocenters. The second-order valence-electron chi connectivity index (χ2n) is 4.56. The maximum absolute atomic E-state index is 12.2. The second-order valence-corrected chi connectivity index (χ2v) is 5.00. The van der Waals surface area contributed by atoms with E-state index in [9.17, 15) is 4.79 Å². The summed E-state index contributed by atoms with van der Waals surface area (Å²) in [5, 5.41) is 10.4. The molecule has 1 aliphatic carbocycles. The lowest BCUT2D eigenvalue weighted by molar-refractivity contribution is -0.125. The zero-order valence-electron chi connectivity index (χ0n) is 10.4. The molecule has 7 heteroatoms. The van der Waals surface area contributed by atoms with Crippen molar-refractivity contribution in [3.8, 4) is 0 Å². The molecular weight excluding hydrogens is 250 g/mol. The zero-order chi connectivity index (χ0) is 13.3. The number of nitrogens with two attached hydrogens (primary N) is 1. The molecule has 1 saturated carbocycles. The van der Waals surface area contributed by atoms with E-state index < -0.39 is 5.41 Å². The summed E-state index contributed by atoms with van der Waals surface area (Å²) in [6, 6.07) is 0. The molecule has 0 aromatic carbocycles. The monoisotopic (exact) mass is 265 g/mol. The molecule has 0 bridgehead atoms. The average molecular weight is 265 g/mol. The lowest BCUT2D eigenvalue weighted by Crippen LogP contribution is -2.50. The Hall–Kier alpha value is -1.63. The molecule has 0 spiro atoms. The summed E-state index contributed by atoms with van der Waals surface area (Å²) in [4.78, 5) is 16.6. The Morgan fingerprint density at radius 2 is 2.00 bits per heavy atom. The largest absolute Gasteiger partial charge is 0.392 e. The third-order valence-corrected chi connectivity index (χ3v) is 3.82. The van der Waals surface area contributed by atoms with Gasteiger partial charge < -0.3 is 5.73 Å². The fraction of sp³-hybridized carbons (Fsp3) is 0.545. The number of aryl methyl sites for hydroxylation is 2. The Kier molecular flexibility index (Phi) is 3.25. The highest BCUT2D eigenvalue weighted by molar-refractivity contribution is 7.80. The summed E-state index contributed by atoms with van der Waals surface area (Å²) in [6.45, 7) is 3.62. The van der Waals surface area contributed by atoms with E-state index in [1.54, 1.807) is 0 Å². The van der Waals surface area contributed by atoms with Crippen molar-refractivity contribution in [2.45, 2.75) is 33.1 Å². The molecule has 2 rings (SSSR count). The molecule has 1 aromatic rings. The van der Waals surface area contributed by atoms with Gasteiger partial charge in [0, 0.05) is 0 Å². The molecule has 1 aliphatic rings. The minimum absolute atomic E-state index is 0.200. The zero-order valence-corrected chi connectivity index (χ0v) is 11.2. The Labute approximate surface area is 110 Å². The van der Waals surface area contributed by atoms with Gasteiger partial charge in [-0.25, -0.2) is 4.98 Å². The minimum Gasteiger partial charge on any atom is -0.392 e. The summed E-state index contributed by atoms with van der Waals surface area (Å²) >= 11 is 4.98. The highest BCUT2D eigenvalue weighted by Gasteiger charge is 2.47. The maximum atomic E-state index is 12.2. The molecule has 1 aromatic heterocycles. The first-order chi connectivity index (χ1) is 8.45. The van der Waals surface area contributed by atoms with Gasteiger partial charge in [0.1, 0.15) is 0 Å². The predicted octanol–water partition coefficient (Wildman–Crippen LogP) is 0.883. The lowest BCUT2D eigenvalue weighted by atomic mass is 9.68. The van der Waals surface area contributed by atoms with Crippen LogP contribution in [-0.2, 0) is 4.79 Å². The summed E-state index contributed by atoms with van der Waals surface area (Å²) in [7, 11) is 0. The van der Waals surface area contributed by atoms with Gasteiger partial charge in [0.25, 0.3) is 0 Å². The highest BCUT2D eigenvalue weighted by Crippen LogP contribution is 2.42. The first kappa shape index (κ1) is 12.8. The Bertz CT molecular complexity index is 512. The number of hydrogen-bond acceptors (Lipinski definition) is 5. The Balaban J connectivity index is 2.16. The molecule has 96 valence electrons. The van der Waals surface area contributed by atoms with E-state index in [0.29, 0.717) is 12.8 Å². The molecule has 1 fully saturated rings. The number of carbonyl (C=O) groups is 1. The number of nitrogens with one attached hydrogen (secondary N) is 1. The van der Waals surface area contributed by atoms with Crippen LogP contribution in [0.25, 0.3) is 0 Å². The predicted molar refractivity (Wildman–Crippen MR) is 71.0 cm³/mol. The second kappa shape index (κ2) is 4.56. The van der Waals surface area contributed by atoms with Gasteiger partial charge in [0.05, 0.1) is 21.8 Å². The van der Waals surface area contributed by atoms with Crippen molar-refractivity contribution in [2.24, 2.45) is 11.1 Å². The fourth-order valence-corrected chi connectivity index (χ4v) is 2.14. The van der Waals surface area contributed by atoms with Crippen LogP contribution in [0.4, 0.5) is 5.95 Å². The number of anilines is 1. The smallest absolute Gasteiger partial charge is 0.249 e. The quantitative estimate of drug-likeness (QED) is 0.788. The molecule has 1 heterocycles. The van der Waals surface area contributed by atoms with Crippen molar-refractivity contribution < 1.29 is 4.79 Å². The third-order valence-electron chi connectivity index (χ3n) is 3.43. The van der Waals surface area contributed by atoms with Gasteiger partial charge in [-0.3, -0.25) is 10.1 Å². The van der Waals surface area contributed by atoms with E-state index in [0.717, 1.165) is 17.8 Å². The number of thiocarbonyl (C=S) groups is 1. The number of amides is 1. The van der Waals surface area contributed by atoms with E-state index in [1.165, 1.54) is 0 Å². The van der Waals surface area contributed by atoms with Crippen LogP contribution < -0.4 is 11.1 Å². The topological polar surface area (TPSA) is 93.8 Å². The van der Waals surface area contributed by atoms with Gasteiger partial charge in [-0.15, -0.1) is 5.10 Å². The molecule has 18 heavy (non-hydrogen) atoms. The number of hydrogen-bond donors (Lipinski definition) is 2.